The molecule has 6 nitrogen and oxygen atoms in total. The van der Waals surface area contributed by atoms with Crippen LogP contribution in [0.5, 0.6) is 0 Å². The SMILES string of the molecule is CCN1CCN(c2cncc(C(=O)N3CCN(c4ccccc4F)CC3)c2)CC1. The van der Waals surface area contributed by atoms with Gasteiger partial charge in [-0.05, 0) is 24.7 Å². The molecule has 0 bridgehead atoms. The third-order valence-electron chi connectivity index (χ3n) is 5.92. The number of amides is 1. The number of halogens is 1. The van der Waals surface area contributed by atoms with Crippen LogP contribution in [0.4, 0.5) is 15.8 Å². The number of para-hydroxylation sites is 1. The fraction of sp³-hybridized carbons (Fsp3) is 0.455. The molecule has 2 aliphatic heterocycles. The maximum Gasteiger partial charge on any atom is 0.255 e. The topological polar surface area (TPSA) is 42.9 Å². The summed E-state index contributed by atoms with van der Waals surface area (Å²) in [6, 6.07) is 8.76. The monoisotopic (exact) mass is 397 g/mol. The average Bonchev–Trinajstić information content (AvgIpc) is 2.79. The molecule has 0 atom stereocenters. The van der Waals surface area contributed by atoms with Crippen molar-refractivity contribution >= 4 is 17.3 Å². The lowest BCUT2D eigenvalue weighted by molar-refractivity contribution is 0.0746. The summed E-state index contributed by atoms with van der Waals surface area (Å²) in [5.41, 5.74) is 2.24. The standard InChI is InChI=1S/C22H28FN5O/c1-2-25-7-9-26(10-8-25)19-15-18(16-24-17-19)22(29)28-13-11-27(12-14-28)21-6-4-3-5-20(21)23/h3-6,15-17H,2,7-14H2,1H3. The molecule has 3 heterocycles. The molecule has 2 aromatic rings. The molecule has 0 saturated carbocycles. The molecule has 0 radical (unpaired) electrons. The first kappa shape index (κ1) is 19.6. The zero-order valence-corrected chi connectivity index (χ0v) is 16.9. The van der Waals surface area contributed by atoms with Gasteiger partial charge in [-0.25, -0.2) is 4.39 Å². The zero-order valence-electron chi connectivity index (χ0n) is 16.9. The summed E-state index contributed by atoms with van der Waals surface area (Å²) in [7, 11) is 0. The fourth-order valence-corrected chi connectivity index (χ4v) is 4.08. The number of benzene rings is 1. The van der Waals surface area contributed by atoms with Crippen molar-refractivity contribution in [1.29, 1.82) is 0 Å². The van der Waals surface area contributed by atoms with Gasteiger partial charge in [-0.1, -0.05) is 19.1 Å². The first-order valence-electron chi connectivity index (χ1n) is 10.4. The van der Waals surface area contributed by atoms with Gasteiger partial charge < -0.3 is 19.6 Å². The van der Waals surface area contributed by atoms with Crippen molar-refractivity contribution in [1.82, 2.24) is 14.8 Å². The van der Waals surface area contributed by atoms with E-state index in [9.17, 15) is 9.18 Å². The van der Waals surface area contributed by atoms with Crippen molar-refractivity contribution in [2.75, 3.05) is 68.7 Å². The lowest BCUT2D eigenvalue weighted by Crippen LogP contribution is -2.49. The number of likely N-dealkylation sites (N-methyl/N-ethyl adjacent to an activating group) is 1. The normalized spacial score (nSPS) is 18.2. The van der Waals surface area contributed by atoms with Crippen LogP contribution >= 0.6 is 0 Å². The van der Waals surface area contributed by atoms with Gasteiger partial charge in [0.1, 0.15) is 5.82 Å². The van der Waals surface area contributed by atoms with Crippen molar-refractivity contribution in [2.45, 2.75) is 6.92 Å². The summed E-state index contributed by atoms with van der Waals surface area (Å²) in [4.78, 5) is 25.9. The third kappa shape index (κ3) is 4.34. The molecule has 1 aromatic carbocycles. The number of anilines is 2. The molecule has 4 rings (SSSR count). The van der Waals surface area contributed by atoms with E-state index < -0.39 is 0 Å². The number of hydrogen-bond donors (Lipinski definition) is 0. The quantitative estimate of drug-likeness (QED) is 0.792. The Labute approximate surface area is 171 Å². The molecule has 29 heavy (non-hydrogen) atoms. The highest BCUT2D eigenvalue weighted by atomic mass is 19.1. The number of piperazine rings is 2. The molecule has 0 aliphatic carbocycles. The number of pyridine rings is 1. The van der Waals surface area contributed by atoms with Crippen LogP contribution < -0.4 is 9.80 Å². The Balaban J connectivity index is 1.39. The van der Waals surface area contributed by atoms with Crippen LogP contribution in [0.25, 0.3) is 0 Å². The predicted octanol–water partition coefficient (Wildman–Crippen LogP) is 2.33. The van der Waals surface area contributed by atoms with Gasteiger partial charge in [0.05, 0.1) is 23.1 Å². The summed E-state index contributed by atoms with van der Waals surface area (Å²) in [5, 5.41) is 0. The molecular formula is C22H28FN5O. The van der Waals surface area contributed by atoms with Crippen molar-refractivity contribution in [2.24, 2.45) is 0 Å². The smallest absolute Gasteiger partial charge is 0.255 e. The molecule has 2 aliphatic rings. The molecule has 154 valence electrons. The van der Waals surface area contributed by atoms with Crippen molar-refractivity contribution < 1.29 is 9.18 Å². The van der Waals surface area contributed by atoms with Crippen molar-refractivity contribution in [3.8, 4) is 0 Å². The minimum absolute atomic E-state index is 0.000252. The largest absolute Gasteiger partial charge is 0.368 e. The van der Waals surface area contributed by atoms with E-state index in [1.807, 2.05) is 28.1 Å². The number of nitrogens with zero attached hydrogens (tertiary/aromatic N) is 5. The van der Waals surface area contributed by atoms with E-state index in [2.05, 4.69) is 21.7 Å². The van der Waals surface area contributed by atoms with Crippen LogP contribution in [-0.4, -0.2) is 79.6 Å². The van der Waals surface area contributed by atoms with Gasteiger partial charge in [0, 0.05) is 58.6 Å². The molecule has 1 aromatic heterocycles. The Bertz CT molecular complexity index is 845. The van der Waals surface area contributed by atoms with E-state index in [0.717, 1.165) is 38.4 Å². The number of aromatic nitrogens is 1. The summed E-state index contributed by atoms with van der Waals surface area (Å²) in [6.07, 6.45) is 3.49. The Hall–Kier alpha value is -2.67. The van der Waals surface area contributed by atoms with Gasteiger partial charge in [0.15, 0.2) is 0 Å². The first-order chi connectivity index (χ1) is 14.2. The summed E-state index contributed by atoms with van der Waals surface area (Å²) in [6.45, 7) is 9.63. The molecule has 2 fully saturated rings. The number of carbonyl (C=O) groups is 1. The lowest BCUT2D eigenvalue weighted by Gasteiger charge is -2.37. The van der Waals surface area contributed by atoms with E-state index in [1.54, 1.807) is 18.3 Å². The zero-order chi connectivity index (χ0) is 20.2. The van der Waals surface area contributed by atoms with E-state index in [-0.39, 0.29) is 11.7 Å². The second-order valence-corrected chi connectivity index (χ2v) is 7.58. The van der Waals surface area contributed by atoms with E-state index in [4.69, 9.17) is 0 Å². The lowest BCUT2D eigenvalue weighted by atomic mass is 10.2. The van der Waals surface area contributed by atoms with Crippen LogP contribution in [0.3, 0.4) is 0 Å². The van der Waals surface area contributed by atoms with Crippen LogP contribution in [-0.2, 0) is 0 Å². The highest BCUT2D eigenvalue weighted by Gasteiger charge is 2.24. The van der Waals surface area contributed by atoms with E-state index in [1.165, 1.54) is 6.07 Å². The molecular weight excluding hydrogens is 369 g/mol. The second kappa shape index (κ2) is 8.78. The molecule has 0 spiro atoms. The molecule has 7 heteroatoms. The molecule has 1 amide bonds. The van der Waals surface area contributed by atoms with Gasteiger partial charge in [-0.15, -0.1) is 0 Å². The Morgan fingerprint density at radius 1 is 0.966 bits per heavy atom. The van der Waals surface area contributed by atoms with Crippen molar-refractivity contribution in [3.05, 3.63) is 54.1 Å². The Morgan fingerprint density at radius 2 is 1.66 bits per heavy atom. The highest BCUT2D eigenvalue weighted by Crippen LogP contribution is 2.22. The van der Waals surface area contributed by atoms with Crippen LogP contribution in [0.15, 0.2) is 42.7 Å². The van der Waals surface area contributed by atoms with Gasteiger partial charge >= 0.3 is 0 Å². The van der Waals surface area contributed by atoms with Gasteiger partial charge in [-0.2, -0.15) is 0 Å². The summed E-state index contributed by atoms with van der Waals surface area (Å²) in [5.74, 6) is -0.216. The maximum absolute atomic E-state index is 14.0. The van der Waals surface area contributed by atoms with Gasteiger partial charge in [0.25, 0.3) is 5.91 Å². The van der Waals surface area contributed by atoms with Gasteiger partial charge in [0.2, 0.25) is 0 Å². The fourth-order valence-electron chi connectivity index (χ4n) is 4.08. The molecule has 0 unspecified atom stereocenters. The minimum Gasteiger partial charge on any atom is -0.368 e. The van der Waals surface area contributed by atoms with E-state index in [0.29, 0.717) is 37.4 Å². The second-order valence-electron chi connectivity index (χ2n) is 7.58. The average molecular weight is 397 g/mol. The predicted molar refractivity (Wildman–Crippen MR) is 113 cm³/mol. The van der Waals surface area contributed by atoms with Gasteiger partial charge in [-0.3, -0.25) is 9.78 Å². The number of hydrogen-bond acceptors (Lipinski definition) is 5. The van der Waals surface area contributed by atoms with Crippen molar-refractivity contribution in [3.63, 3.8) is 0 Å². The Kier molecular flexibility index (Phi) is 5.94. The van der Waals surface area contributed by atoms with E-state index >= 15 is 0 Å². The summed E-state index contributed by atoms with van der Waals surface area (Å²) < 4.78 is 14.0. The van der Waals surface area contributed by atoms with Crippen LogP contribution in [0.1, 0.15) is 17.3 Å². The minimum atomic E-state index is -0.215. The molecule has 2 saturated heterocycles. The third-order valence-corrected chi connectivity index (χ3v) is 5.92. The summed E-state index contributed by atoms with van der Waals surface area (Å²) >= 11 is 0. The highest BCUT2D eigenvalue weighted by molar-refractivity contribution is 5.95. The van der Waals surface area contributed by atoms with Crippen LogP contribution in [0, 0.1) is 5.82 Å². The maximum atomic E-state index is 14.0. The molecule has 0 N–H and O–H groups in total. The first-order valence-corrected chi connectivity index (χ1v) is 10.4. The number of carbonyl (C=O) groups excluding carboxylic acids is 1. The van der Waals surface area contributed by atoms with Crippen LogP contribution in [0.2, 0.25) is 0 Å². The number of rotatable bonds is 4. The Morgan fingerprint density at radius 3 is 2.34 bits per heavy atom.